The minimum absolute atomic E-state index is 0.0135. The van der Waals surface area contributed by atoms with Crippen molar-refractivity contribution in [2.45, 2.75) is 124 Å². The molecule has 3 aliphatic carbocycles. The van der Waals surface area contributed by atoms with Crippen LogP contribution in [-0.4, -0.2) is 69.0 Å². The number of rotatable bonds is 9. The zero-order valence-corrected chi connectivity index (χ0v) is 27.7. The number of hydrogen-bond acceptors (Lipinski definition) is 8. The van der Waals surface area contributed by atoms with E-state index in [4.69, 9.17) is 9.47 Å². The maximum Gasteiger partial charge on any atom is 0.314 e. The Labute approximate surface area is 258 Å². The second-order valence-corrected chi connectivity index (χ2v) is 15.5. The van der Waals surface area contributed by atoms with Crippen LogP contribution in [0.2, 0.25) is 0 Å². The van der Waals surface area contributed by atoms with Gasteiger partial charge in [0.2, 0.25) is 0 Å². The van der Waals surface area contributed by atoms with Gasteiger partial charge >= 0.3 is 5.97 Å². The Hall–Kier alpha value is -1.32. The predicted octanol–water partition coefficient (Wildman–Crippen LogP) is 4.66. The van der Waals surface area contributed by atoms with Crippen LogP contribution in [0, 0.1) is 58.7 Å². The number of Topliss-reactive ketones (excluding diaryl/α,β-unsaturated/α-hetero) is 1. The summed E-state index contributed by atoms with van der Waals surface area (Å²) in [7, 11) is 0. The van der Waals surface area contributed by atoms with Crippen molar-refractivity contribution in [2.75, 3.05) is 13.2 Å². The first-order valence-electron chi connectivity index (χ1n) is 16.8. The first-order valence-corrected chi connectivity index (χ1v) is 16.8. The molecule has 43 heavy (non-hydrogen) atoms. The third kappa shape index (κ3) is 6.38. The van der Waals surface area contributed by atoms with Crippen molar-refractivity contribution in [1.29, 1.82) is 0 Å². The summed E-state index contributed by atoms with van der Waals surface area (Å²) in [5, 5.41) is 44.1. The van der Waals surface area contributed by atoms with Gasteiger partial charge in [0, 0.05) is 30.8 Å². The Morgan fingerprint density at radius 1 is 1.14 bits per heavy atom. The molecule has 1 saturated heterocycles. The molecule has 0 unspecified atom stereocenters. The van der Waals surface area contributed by atoms with E-state index < -0.39 is 35.5 Å². The number of carbonyl (C=O) groups is 2. The lowest BCUT2D eigenvalue weighted by Gasteiger charge is -2.48. The van der Waals surface area contributed by atoms with E-state index in [1.807, 2.05) is 34.6 Å². The highest BCUT2D eigenvalue weighted by Gasteiger charge is 2.56. The molecule has 14 atom stereocenters. The van der Waals surface area contributed by atoms with E-state index in [9.17, 15) is 30.0 Å². The van der Waals surface area contributed by atoms with Gasteiger partial charge in [-0.25, -0.2) is 0 Å². The zero-order chi connectivity index (χ0) is 32.1. The SMILES string of the molecule is CCC(=O)[C@@H](C)[C@H]1O[C@@](O)([C@@H](C)C(=O)OC[C@@H](C)[C@H]2CC[C@]3(C)C[C@@H]4[C@H](CO)C[C@@H](O)[C@H]4[C@@](C)(O)C/C=C/23)[C@H](C)C[C@H]1C. The zero-order valence-electron chi connectivity index (χ0n) is 27.7. The summed E-state index contributed by atoms with van der Waals surface area (Å²) in [5.74, 6) is -3.69. The normalized spacial score (nSPS) is 46.4. The van der Waals surface area contributed by atoms with Gasteiger partial charge in [-0.1, -0.05) is 53.2 Å². The number of allylic oxidation sites excluding steroid dienone is 1. The number of ether oxygens (including phenoxy) is 2. The molecule has 8 heteroatoms. The van der Waals surface area contributed by atoms with Crippen LogP contribution in [0.15, 0.2) is 11.6 Å². The second-order valence-electron chi connectivity index (χ2n) is 15.5. The van der Waals surface area contributed by atoms with Gasteiger partial charge in [-0.15, -0.1) is 0 Å². The van der Waals surface area contributed by atoms with Crippen molar-refractivity contribution in [3.63, 3.8) is 0 Å². The summed E-state index contributed by atoms with van der Waals surface area (Å²) in [4.78, 5) is 25.9. The molecule has 2 saturated carbocycles. The smallest absolute Gasteiger partial charge is 0.314 e. The molecule has 0 amide bonds. The standard InChI is InChI=1S/C35H58O8/c1-9-28(37)22(5)31-19(2)14-21(4)35(41,43-31)23(6)32(39)42-18-20(3)25-10-12-33(7)16-26-24(17-36)15-29(38)30(26)34(8,40)13-11-27(25)33/h11,19-26,29-31,36,38,40-41H,9-10,12-18H2,1-8H3/b27-11-/t19-,20-,21-,22-,23+,24+,25-,26-,29-,30+,31+,33-,34+,35-/m1/s1. The molecule has 0 spiro atoms. The molecule has 4 aliphatic rings. The van der Waals surface area contributed by atoms with Gasteiger partial charge in [-0.2, -0.15) is 0 Å². The molecule has 3 fully saturated rings. The van der Waals surface area contributed by atoms with Crippen molar-refractivity contribution in [1.82, 2.24) is 0 Å². The number of aliphatic hydroxyl groups excluding tert-OH is 2. The summed E-state index contributed by atoms with van der Waals surface area (Å²) < 4.78 is 12.1. The topological polar surface area (TPSA) is 134 Å². The minimum Gasteiger partial charge on any atom is -0.465 e. The van der Waals surface area contributed by atoms with Crippen LogP contribution in [0.3, 0.4) is 0 Å². The average molecular weight is 607 g/mol. The maximum absolute atomic E-state index is 13.4. The van der Waals surface area contributed by atoms with E-state index in [-0.39, 0.29) is 71.8 Å². The van der Waals surface area contributed by atoms with Crippen LogP contribution in [0.1, 0.15) is 100 Å². The Morgan fingerprint density at radius 3 is 2.44 bits per heavy atom. The van der Waals surface area contributed by atoms with Crippen LogP contribution < -0.4 is 0 Å². The Bertz CT molecular complexity index is 1050. The number of fused-ring (bicyclic) bond motifs is 2. The van der Waals surface area contributed by atoms with Crippen molar-refractivity contribution in [3.05, 3.63) is 11.6 Å². The number of ketones is 1. The van der Waals surface area contributed by atoms with E-state index >= 15 is 0 Å². The number of carbonyl (C=O) groups excluding carboxylic acids is 2. The number of esters is 1. The fourth-order valence-corrected chi connectivity index (χ4v) is 9.56. The van der Waals surface area contributed by atoms with Gasteiger partial charge in [-0.3, -0.25) is 9.59 Å². The fraction of sp³-hybridized carbons (Fsp3) is 0.886. The van der Waals surface area contributed by atoms with Gasteiger partial charge < -0.3 is 29.9 Å². The first-order chi connectivity index (χ1) is 20.0. The number of hydrogen-bond donors (Lipinski definition) is 4. The van der Waals surface area contributed by atoms with Crippen LogP contribution in [0.4, 0.5) is 0 Å². The first kappa shape index (κ1) is 34.6. The highest BCUT2D eigenvalue weighted by molar-refractivity contribution is 5.81. The van der Waals surface area contributed by atoms with Gasteiger partial charge in [-0.05, 0) is 87.4 Å². The molecule has 0 radical (unpaired) electrons. The summed E-state index contributed by atoms with van der Waals surface area (Å²) in [6, 6.07) is 0. The highest BCUT2D eigenvalue weighted by atomic mass is 16.6. The van der Waals surface area contributed by atoms with Crippen LogP contribution >= 0.6 is 0 Å². The molecule has 246 valence electrons. The van der Waals surface area contributed by atoms with Gasteiger partial charge in [0.05, 0.1) is 24.4 Å². The lowest BCUT2D eigenvalue weighted by atomic mass is 9.64. The third-order valence-corrected chi connectivity index (χ3v) is 12.3. The monoisotopic (exact) mass is 606 g/mol. The molecule has 4 N–H and O–H groups in total. The Kier molecular flexibility index (Phi) is 10.3. The number of aliphatic hydroxyl groups is 4. The van der Waals surface area contributed by atoms with Crippen LogP contribution in [0.25, 0.3) is 0 Å². The van der Waals surface area contributed by atoms with Crippen LogP contribution in [-0.2, 0) is 19.1 Å². The maximum atomic E-state index is 13.4. The van der Waals surface area contributed by atoms with E-state index in [1.165, 1.54) is 5.57 Å². The lowest BCUT2D eigenvalue weighted by molar-refractivity contribution is -0.318. The van der Waals surface area contributed by atoms with Crippen molar-refractivity contribution >= 4 is 11.8 Å². The molecule has 0 aromatic heterocycles. The lowest BCUT2D eigenvalue weighted by Crippen LogP contribution is -2.57. The molecule has 0 bridgehead atoms. The Balaban J connectivity index is 1.45. The largest absolute Gasteiger partial charge is 0.465 e. The molecule has 0 aromatic carbocycles. The van der Waals surface area contributed by atoms with Gasteiger partial charge in [0.1, 0.15) is 11.7 Å². The summed E-state index contributed by atoms with van der Waals surface area (Å²) in [6.07, 6.45) is 5.81. The molecule has 1 aliphatic heterocycles. The van der Waals surface area contributed by atoms with Gasteiger partial charge in [0.25, 0.3) is 0 Å². The van der Waals surface area contributed by atoms with Crippen molar-refractivity contribution in [3.8, 4) is 0 Å². The highest BCUT2D eigenvalue weighted by Crippen LogP contribution is 2.59. The van der Waals surface area contributed by atoms with E-state index in [1.54, 1.807) is 6.92 Å². The molecule has 4 rings (SSSR count). The van der Waals surface area contributed by atoms with Crippen molar-refractivity contribution in [2.24, 2.45) is 58.7 Å². The molecule has 0 aromatic rings. The molecule has 1 heterocycles. The van der Waals surface area contributed by atoms with Crippen LogP contribution in [0.5, 0.6) is 0 Å². The van der Waals surface area contributed by atoms with E-state index in [0.29, 0.717) is 25.7 Å². The van der Waals surface area contributed by atoms with E-state index in [2.05, 4.69) is 19.9 Å². The second kappa shape index (κ2) is 12.8. The summed E-state index contributed by atoms with van der Waals surface area (Å²) >= 11 is 0. The fourth-order valence-electron chi connectivity index (χ4n) is 9.56. The minimum atomic E-state index is -1.72. The molecule has 8 nitrogen and oxygen atoms in total. The summed E-state index contributed by atoms with van der Waals surface area (Å²) in [5.41, 5.74) is 0.114. The Morgan fingerprint density at radius 2 is 1.81 bits per heavy atom. The van der Waals surface area contributed by atoms with Crippen molar-refractivity contribution < 1.29 is 39.5 Å². The third-order valence-electron chi connectivity index (χ3n) is 12.3. The predicted molar refractivity (Wildman–Crippen MR) is 163 cm³/mol. The molecular weight excluding hydrogens is 548 g/mol. The quantitative estimate of drug-likeness (QED) is 0.220. The summed E-state index contributed by atoms with van der Waals surface area (Å²) in [6.45, 7) is 15.6. The van der Waals surface area contributed by atoms with E-state index in [0.717, 1.165) is 19.3 Å². The molecular formula is C35H58O8. The average Bonchev–Trinajstić information content (AvgIpc) is 3.45. The van der Waals surface area contributed by atoms with Gasteiger partial charge in [0.15, 0.2) is 5.79 Å².